The van der Waals surface area contributed by atoms with Crippen LogP contribution in [0.4, 0.5) is 0 Å². The maximum absolute atomic E-state index is 9.92. The first kappa shape index (κ1) is 17.3. The van der Waals surface area contributed by atoms with Crippen LogP contribution in [0.5, 0.6) is 17.2 Å². The number of hydrogen-bond donors (Lipinski definition) is 1. The van der Waals surface area contributed by atoms with Gasteiger partial charge in [0.05, 0.1) is 13.7 Å². The molecule has 24 heavy (non-hydrogen) atoms. The lowest BCUT2D eigenvalue weighted by Crippen LogP contribution is -2.45. The summed E-state index contributed by atoms with van der Waals surface area (Å²) in [6.07, 6.45) is 3.03. The molecule has 1 aromatic carbocycles. The molecule has 134 valence electrons. The lowest BCUT2D eigenvalue weighted by atomic mass is 9.78. The Bertz CT molecular complexity index is 565. The molecular formula is C18H27NO5. The van der Waals surface area contributed by atoms with Crippen LogP contribution in [0.1, 0.15) is 24.8 Å². The van der Waals surface area contributed by atoms with Crippen LogP contribution in [-0.2, 0) is 11.3 Å². The molecule has 0 spiro atoms. The van der Waals surface area contributed by atoms with Gasteiger partial charge >= 0.3 is 0 Å². The minimum absolute atomic E-state index is 0.0608. The predicted octanol–water partition coefficient (Wildman–Crippen LogP) is 2.03. The van der Waals surface area contributed by atoms with Crippen molar-refractivity contribution in [1.82, 2.24) is 4.90 Å². The van der Waals surface area contributed by atoms with Gasteiger partial charge in [-0.2, -0.15) is 0 Å². The highest BCUT2D eigenvalue weighted by Crippen LogP contribution is 2.42. The van der Waals surface area contributed by atoms with E-state index in [2.05, 4.69) is 4.90 Å². The molecule has 2 heterocycles. The lowest BCUT2D eigenvalue weighted by Gasteiger charge is -2.42. The summed E-state index contributed by atoms with van der Waals surface area (Å²) in [7, 11) is 3.36. The summed E-state index contributed by atoms with van der Waals surface area (Å²) in [6.45, 7) is 3.85. The Morgan fingerprint density at radius 1 is 1.29 bits per heavy atom. The zero-order chi connectivity index (χ0) is 17.0. The second-order valence-electron chi connectivity index (χ2n) is 6.75. The summed E-state index contributed by atoms with van der Waals surface area (Å²) in [4.78, 5) is 2.40. The molecule has 2 aliphatic heterocycles. The van der Waals surface area contributed by atoms with Crippen molar-refractivity contribution in [2.45, 2.75) is 25.8 Å². The molecule has 1 atom stereocenters. The number of likely N-dealkylation sites (tertiary alicyclic amines) is 1. The molecule has 0 amide bonds. The lowest BCUT2D eigenvalue weighted by molar-refractivity contribution is 0.00473. The van der Waals surface area contributed by atoms with Gasteiger partial charge in [0, 0.05) is 32.2 Å². The number of rotatable bonds is 7. The first-order chi connectivity index (χ1) is 11.7. The van der Waals surface area contributed by atoms with Crippen LogP contribution >= 0.6 is 0 Å². The molecule has 6 heteroatoms. The van der Waals surface area contributed by atoms with E-state index in [1.807, 2.05) is 12.1 Å². The largest absolute Gasteiger partial charge is 0.493 e. The van der Waals surface area contributed by atoms with Gasteiger partial charge in [0.1, 0.15) is 0 Å². The normalized spacial score (nSPS) is 23.5. The van der Waals surface area contributed by atoms with E-state index < -0.39 is 0 Å². The number of hydrogen-bond acceptors (Lipinski definition) is 6. The third-order valence-corrected chi connectivity index (χ3v) is 5.04. The molecule has 0 radical (unpaired) electrons. The molecule has 1 N–H and O–H groups in total. The number of benzene rings is 1. The van der Waals surface area contributed by atoms with E-state index in [1.54, 1.807) is 14.2 Å². The molecule has 3 rings (SSSR count). The van der Waals surface area contributed by atoms with Crippen LogP contribution < -0.4 is 14.2 Å². The average Bonchev–Trinajstić information content (AvgIpc) is 3.08. The van der Waals surface area contributed by atoms with Crippen LogP contribution in [0.15, 0.2) is 12.1 Å². The van der Waals surface area contributed by atoms with E-state index in [0.29, 0.717) is 18.1 Å². The summed E-state index contributed by atoms with van der Waals surface area (Å²) in [5.41, 5.74) is 1.07. The number of ether oxygens (including phenoxy) is 4. The van der Waals surface area contributed by atoms with E-state index in [1.165, 1.54) is 0 Å². The Labute approximate surface area is 143 Å². The smallest absolute Gasteiger partial charge is 0.231 e. The molecule has 0 aliphatic carbocycles. The maximum Gasteiger partial charge on any atom is 0.231 e. The van der Waals surface area contributed by atoms with Gasteiger partial charge in [0.15, 0.2) is 11.5 Å². The van der Waals surface area contributed by atoms with E-state index in [4.69, 9.17) is 18.9 Å². The molecule has 0 saturated carbocycles. The van der Waals surface area contributed by atoms with Crippen LogP contribution in [0.25, 0.3) is 0 Å². The Morgan fingerprint density at radius 3 is 2.92 bits per heavy atom. The number of piperidine rings is 1. The van der Waals surface area contributed by atoms with Gasteiger partial charge in [-0.15, -0.1) is 0 Å². The average molecular weight is 337 g/mol. The maximum atomic E-state index is 9.92. The fourth-order valence-electron chi connectivity index (χ4n) is 3.71. The third kappa shape index (κ3) is 3.61. The number of methoxy groups -OCH3 is 2. The van der Waals surface area contributed by atoms with Crippen molar-refractivity contribution >= 4 is 0 Å². The first-order valence-electron chi connectivity index (χ1n) is 8.48. The molecule has 1 saturated heterocycles. The van der Waals surface area contributed by atoms with Gasteiger partial charge in [0.2, 0.25) is 12.5 Å². The highest BCUT2D eigenvalue weighted by Gasteiger charge is 2.34. The number of aliphatic hydroxyl groups is 1. The van der Waals surface area contributed by atoms with Crippen LogP contribution in [0, 0.1) is 5.41 Å². The SMILES string of the molecule is COCC[C@]1(CO)CCCN(Cc2cc(OC)c3c(c2)OCO3)C1. The van der Waals surface area contributed by atoms with Gasteiger partial charge in [-0.1, -0.05) is 0 Å². The molecule has 2 aliphatic rings. The number of aliphatic hydroxyl groups excluding tert-OH is 1. The molecule has 1 aromatic rings. The molecule has 1 fully saturated rings. The van der Waals surface area contributed by atoms with Gasteiger partial charge in [-0.25, -0.2) is 0 Å². The molecule has 0 unspecified atom stereocenters. The van der Waals surface area contributed by atoms with Gasteiger partial charge in [0.25, 0.3) is 0 Å². The van der Waals surface area contributed by atoms with E-state index in [9.17, 15) is 5.11 Å². The Balaban J connectivity index is 1.71. The highest BCUT2D eigenvalue weighted by atomic mass is 16.7. The quantitative estimate of drug-likeness (QED) is 0.822. The monoisotopic (exact) mass is 337 g/mol. The van der Waals surface area contributed by atoms with Crippen LogP contribution in [0.2, 0.25) is 0 Å². The predicted molar refractivity (Wildman–Crippen MR) is 89.6 cm³/mol. The molecule has 6 nitrogen and oxygen atoms in total. The molecule has 0 aromatic heterocycles. The van der Waals surface area contributed by atoms with Crippen molar-refractivity contribution in [3.05, 3.63) is 17.7 Å². The second-order valence-corrected chi connectivity index (χ2v) is 6.75. The van der Waals surface area contributed by atoms with Crippen molar-refractivity contribution in [2.75, 3.05) is 47.3 Å². The highest BCUT2D eigenvalue weighted by molar-refractivity contribution is 5.55. The summed E-state index contributed by atoms with van der Waals surface area (Å²) >= 11 is 0. The zero-order valence-corrected chi connectivity index (χ0v) is 14.5. The van der Waals surface area contributed by atoms with Gasteiger partial charge in [-0.3, -0.25) is 4.90 Å². The minimum atomic E-state index is -0.0608. The van der Waals surface area contributed by atoms with Crippen LogP contribution in [-0.4, -0.2) is 57.3 Å². The third-order valence-electron chi connectivity index (χ3n) is 5.04. The summed E-state index contributed by atoms with van der Waals surface area (Å²) in [5, 5.41) is 9.92. The minimum Gasteiger partial charge on any atom is -0.493 e. The number of nitrogens with zero attached hydrogens (tertiary/aromatic N) is 1. The van der Waals surface area contributed by atoms with Crippen molar-refractivity contribution < 1.29 is 24.1 Å². The van der Waals surface area contributed by atoms with E-state index in [-0.39, 0.29) is 18.8 Å². The van der Waals surface area contributed by atoms with Gasteiger partial charge < -0.3 is 24.1 Å². The molecule has 0 bridgehead atoms. The zero-order valence-electron chi connectivity index (χ0n) is 14.5. The topological polar surface area (TPSA) is 60.4 Å². The fourth-order valence-corrected chi connectivity index (χ4v) is 3.71. The summed E-state index contributed by atoms with van der Waals surface area (Å²) in [5.74, 6) is 2.14. The summed E-state index contributed by atoms with van der Waals surface area (Å²) in [6, 6.07) is 4.03. The van der Waals surface area contributed by atoms with E-state index >= 15 is 0 Å². The summed E-state index contributed by atoms with van der Waals surface area (Å²) < 4.78 is 21.6. The van der Waals surface area contributed by atoms with Crippen molar-refractivity contribution in [1.29, 1.82) is 0 Å². The number of fused-ring (bicyclic) bond motifs is 1. The van der Waals surface area contributed by atoms with Crippen LogP contribution in [0.3, 0.4) is 0 Å². The standard InChI is InChI=1S/C18H27NO5/c1-21-7-5-18(12-20)4-3-6-19(11-18)10-14-8-15(22-2)17-16(9-14)23-13-24-17/h8-9,20H,3-7,10-13H2,1-2H3/t18-/m1/s1. The first-order valence-corrected chi connectivity index (χ1v) is 8.48. The fraction of sp³-hybridized carbons (Fsp3) is 0.667. The Kier molecular flexibility index (Phi) is 5.48. The van der Waals surface area contributed by atoms with Gasteiger partial charge in [-0.05, 0) is 43.5 Å². The Hall–Kier alpha value is -1.50. The van der Waals surface area contributed by atoms with Crippen molar-refractivity contribution in [3.63, 3.8) is 0 Å². The molecular weight excluding hydrogens is 310 g/mol. The van der Waals surface area contributed by atoms with Crippen molar-refractivity contribution in [3.8, 4) is 17.2 Å². The van der Waals surface area contributed by atoms with E-state index in [0.717, 1.165) is 50.2 Å². The van der Waals surface area contributed by atoms with Crippen molar-refractivity contribution in [2.24, 2.45) is 5.41 Å². The second kappa shape index (κ2) is 7.59. The Morgan fingerprint density at radius 2 is 2.17 bits per heavy atom.